The highest BCUT2D eigenvalue weighted by Crippen LogP contribution is 2.13. The molecule has 2 nitrogen and oxygen atoms in total. The van der Waals surface area contributed by atoms with E-state index in [4.69, 9.17) is 4.74 Å². The van der Waals surface area contributed by atoms with E-state index in [1.807, 2.05) is 43.3 Å². The maximum Gasteiger partial charge on any atom is 0.302 e. The van der Waals surface area contributed by atoms with Crippen LogP contribution in [0.1, 0.15) is 13.8 Å². The minimum atomic E-state index is -2.11. The van der Waals surface area contributed by atoms with Crippen LogP contribution in [0.4, 0.5) is 0 Å². The molecule has 0 heterocycles. The van der Waals surface area contributed by atoms with Crippen molar-refractivity contribution in [3.63, 3.8) is 0 Å². The number of carbonyl (C=O) groups excluding carboxylic acids is 1. The van der Waals surface area contributed by atoms with E-state index in [0.717, 1.165) is 0 Å². The predicted octanol–water partition coefficient (Wildman–Crippen LogP) is 2.37. The topological polar surface area (TPSA) is 26.3 Å². The van der Waals surface area contributed by atoms with Crippen LogP contribution < -0.4 is 10.4 Å². The van der Waals surface area contributed by atoms with E-state index >= 15 is 0 Å². The van der Waals surface area contributed by atoms with Crippen molar-refractivity contribution >= 4 is 24.4 Å². The molecule has 0 fully saturated rings. The molecule has 104 valence electrons. The summed E-state index contributed by atoms with van der Waals surface area (Å²) in [6, 6.07) is 20.8. The molecule has 2 rings (SSSR count). The molecule has 0 N–H and O–H groups in total. The standard InChI is InChI=1S/C17H20O2Si/c1-14(18)19-15(2)20(3,16-10-6-4-7-11-16)17-12-8-5-9-13-17/h4-13,15H,1-3H3. The first kappa shape index (κ1) is 14.5. The van der Waals surface area contributed by atoms with Gasteiger partial charge in [-0.25, -0.2) is 0 Å². The number of ether oxygens (including phenoxy) is 1. The Balaban J connectivity index is 2.52. The van der Waals surface area contributed by atoms with Crippen molar-refractivity contribution in [2.45, 2.75) is 26.1 Å². The summed E-state index contributed by atoms with van der Waals surface area (Å²) in [5.41, 5.74) is -0.107. The van der Waals surface area contributed by atoms with Crippen molar-refractivity contribution in [2.24, 2.45) is 0 Å². The van der Waals surface area contributed by atoms with Crippen LogP contribution in [-0.2, 0) is 9.53 Å². The van der Waals surface area contributed by atoms with E-state index in [2.05, 4.69) is 30.8 Å². The molecule has 0 aromatic heterocycles. The highest BCUT2D eigenvalue weighted by Gasteiger charge is 2.39. The summed E-state index contributed by atoms with van der Waals surface area (Å²) in [7, 11) is -2.11. The van der Waals surface area contributed by atoms with Gasteiger partial charge in [0.15, 0.2) is 8.07 Å². The third-order valence-corrected chi connectivity index (χ3v) is 8.71. The molecular formula is C17H20O2Si. The lowest BCUT2D eigenvalue weighted by molar-refractivity contribution is -0.142. The molecule has 1 atom stereocenters. The molecule has 2 aromatic carbocycles. The Morgan fingerprint density at radius 1 is 0.950 bits per heavy atom. The van der Waals surface area contributed by atoms with E-state index in [9.17, 15) is 4.79 Å². The Morgan fingerprint density at radius 3 is 1.70 bits per heavy atom. The van der Waals surface area contributed by atoms with Gasteiger partial charge in [0, 0.05) is 6.92 Å². The van der Waals surface area contributed by atoms with E-state index in [1.54, 1.807) is 0 Å². The Bertz CT molecular complexity index is 527. The molecule has 0 saturated carbocycles. The van der Waals surface area contributed by atoms with Gasteiger partial charge in [0.2, 0.25) is 0 Å². The van der Waals surface area contributed by atoms with Crippen molar-refractivity contribution < 1.29 is 9.53 Å². The SMILES string of the molecule is CC(=O)OC(C)[Si](C)(c1ccccc1)c1ccccc1. The normalized spacial score (nSPS) is 12.8. The first-order valence-electron chi connectivity index (χ1n) is 6.83. The van der Waals surface area contributed by atoms with Crippen molar-refractivity contribution in [3.8, 4) is 0 Å². The second-order valence-corrected chi connectivity index (χ2v) is 9.56. The molecular weight excluding hydrogens is 264 g/mol. The number of carbonyl (C=O) groups is 1. The fourth-order valence-electron chi connectivity index (χ4n) is 2.57. The lowest BCUT2D eigenvalue weighted by atomic mass is 10.4. The Morgan fingerprint density at radius 2 is 1.35 bits per heavy atom. The summed E-state index contributed by atoms with van der Waals surface area (Å²) >= 11 is 0. The average Bonchev–Trinajstić information content (AvgIpc) is 2.47. The molecule has 0 aliphatic heterocycles. The molecule has 0 aliphatic carbocycles. The third-order valence-electron chi connectivity index (χ3n) is 3.90. The number of hydrogen-bond donors (Lipinski definition) is 0. The van der Waals surface area contributed by atoms with Gasteiger partial charge in [-0.05, 0) is 6.92 Å². The summed E-state index contributed by atoms with van der Waals surface area (Å²) in [6.07, 6.45) is 0. The van der Waals surface area contributed by atoms with Crippen LogP contribution in [0, 0.1) is 0 Å². The third kappa shape index (κ3) is 2.83. The largest absolute Gasteiger partial charge is 0.466 e. The van der Waals surface area contributed by atoms with E-state index in [0.29, 0.717) is 0 Å². The fourth-order valence-corrected chi connectivity index (χ4v) is 6.02. The number of hydrogen-bond acceptors (Lipinski definition) is 2. The maximum atomic E-state index is 11.4. The summed E-state index contributed by atoms with van der Waals surface area (Å²) < 4.78 is 5.55. The molecule has 0 radical (unpaired) electrons. The molecule has 0 aliphatic rings. The van der Waals surface area contributed by atoms with Gasteiger partial charge in [0.25, 0.3) is 0 Å². The van der Waals surface area contributed by atoms with Gasteiger partial charge in [-0.3, -0.25) is 4.79 Å². The summed E-state index contributed by atoms with van der Waals surface area (Å²) in [6.45, 7) is 5.74. The summed E-state index contributed by atoms with van der Waals surface area (Å²) in [4.78, 5) is 11.4. The van der Waals surface area contributed by atoms with Gasteiger partial charge in [-0.1, -0.05) is 77.6 Å². The Labute approximate surface area is 121 Å². The zero-order chi connectivity index (χ0) is 14.6. The Kier molecular flexibility index (Phi) is 4.40. The zero-order valence-corrected chi connectivity index (χ0v) is 13.2. The van der Waals surface area contributed by atoms with Crippen molar-refractivity contribution in [1.29, 1.82) is 0 Å². The Hall–Kier alpha value is -1.87. The van der Waals surface area contributed by atoms with Crippen LogP contribution in [0.2, 0.25) is 6.55 Å². The molecule has 20 heavy (non-hydrogen) atoms. The minimum absolute atomic E-state index is 0.107. The van der Waals surface area contributed by atoms with E-state index < -0.39 is 8.07 Å². The van der Waals surface area contributed by atoms with Gasteiger partial charge >= 0.3 is 5.97 Å². The lowest BCUT2D eigenvalue weighted by Crippen LogP contribution is -2.64. The molecule has 0 saturated heterocycles. The van der Waals surface area contributed by atoms with Crippen LogP contribution in [0.25, 0.3) is 0 Å². The fraction of sp³-hybridized carbons (Fsp3) is 0.235. The van der Waals surface area contributed by atoms with Crippen LogP contribution in [-0.4, -0.2) is 19.8 Å². The summed E-state index contributed by atoms with van der Waals surface area (Å²) in [5.74, 6) is -0.219. The lowest BCUT2D eigenvalue weighted by Gasteiger charge is -2.34. The zero-order valence-electron chi connectivity index (χ0n) is 12.2. The first-order chi connectivity index (χ1) is 9.55. The second-order valence-electron chi connectivity index (χ2n) is 5.19. The van der Waals surface area contributed by atoms with Gasteiger partial charge in [-0.2, -0.15) is 0 Å². The first-order valence-corrected chi connectivity index (χ1v) is 9.41. The minimum Gasteiger partial charge on any atom is -0.466 e. The van der Waals surface area contributed by atoms with E-state index in [1.165, 1.54) is 17.3 Å². The second kappa shape index (κ2) is 6.05. The monoisotopic (exact) mass is 284 g/mol. The maximum absolute atomic E-state index is 11.4. The number of benzene rings is 2. The highest BCUT2D eigenvalue weighted by molar-refractivity contribution is 7.02. The number of rotatable bonds is 4. The summed E-state index contributed by atoms with van der Waals surface area (Å²) in [5, 5.41) is 2.56. The molecule has 0 bridgehead atoms. The molecule has 0 spiro atoms. The quantitative estimate of drug-likeness (QED) is 0.636. The highest BCUT2D eigenvalue weighted by atomic mass is 28.3. The van der Waals surface area contributed by atoms with Crippen molar-refractivity contribution in [1.82, 2.24) is 0 Å². The van der Waals surface area contributed by atoms with Crippen LogP contribution in [0.15, 0.2) is 60.7 Å². The smallest absolute Gasteiger partial charge is 0.302 e. The van der Waals surface area contributed by atoms with Gasteiger partial charge < -0.3 is 4.74 Å². The van der Waals surface area contributed by atoms with Gasteiger partial charge in [0.05, 0.1) is 5.73 Å². The van der Waals surface area contributed by atoms with Crippen molar-refractivity contribution in [3.05, 3.63) is 60.7 Å². The number of esters is 1. The van der Waals surface area contributed by atoms with Gasteiger partial charge in [0.1, 0.15) is 0 Å². The molecule has 2 aromatic rings. The van der Waals surface area contributed by atoms with Crippen LogP contribution in [0.3, 0.4) is 0 Å². The van der Waals surface area contributed by atoms with Crippen LogP contribution in [0.5, 0.6) is 0 Å². The predicted molar refractivity (Wildman–Crippen MR) is 85.0 cm³/mol. The molecule has 0 amide bonds. The van der Waals surface area contributed by atoms with Crippen LogP contribution >= 0.6 is 0 Å². The molecule has 3 heteroatoms. The molecule has 1 unspecified atom stereocenters. The van der Waals surface area contributed by atoms with Gasteiger partial charge in [-0.15, -0.1) is 0 Å². The van der Waals surface area contributed by atoms with E-state index in [-0.39, 0.29) is 11.7 Å². The average molecular weight is 284 g/mol. The van der Waals surface area contributed by atoms with Crippen molar-refractivity contribution in [2.75, 3.05) is 0 Å².